The molecule has 4 rings (SSSR count). The second-order valence-corrected chi connectivity index (χ2v) is 5.39. The summed E-state index contributed by atoms with van der Waals surface area (Å²) in [5.74, 6) is -0.400. The highest BCUT2D eigenvalue weighted by molar-refractivity contribution is 5.93. The van der Waals surface area contributed by atoms with Crippen molar-refractivity contribution in [1.29, 1.82) is 0 Å². The zero-order chi connectivity index (χ0) is 16.7. The van der Waals surface area contributed by atoms with Gasteiger partial charge < -0.3 is 4.74 Å². The van der Waals surface area contributed by atoms with Crippen molar-refractivity contribution in [2.75, 3.05) is 7.11 Å². The molecule has 0 bridgehead atoms. The van der Waals surface area contributed by atoms with Gasteiger partial charge in [-0.15, -0.1) is 0 Å². The minimum Gasteiger partial charge on any atom is -0.465 e. The number of carbonyl (C=O) groups is 1. The molecule has 0 atom stereocenters. The summed E-state index contributed by atoms with van der Waals surface area (Å²) in [4.78, 5) is 25.0. The summed E-state index contributed by atoms with van der Waals surface area (Å²) in [5, 5.41) is 5.19. The highest BCUT2D eigenvalue weighted by atomic mass is 16.5. The number of pyridine rings is 1. The fraction of sp³-hybridized carbons (Fsp3) is 0.118. The van der Waals surface area contributed by atoms with Crippen LogP contribution in [-0.4, -0.2) is 37.8 Å². The number of hydrogen-bond acceptors (Lipinski definition) is 6. The average molecular weight is 319 g/mol. The predicted octanol–water partition coefficient (Wildman–Crippen LogP) is 2.37. The normalized spacial score (nSPS) is 11.1. The summed E-state index contributed by atoms with van der Waals surface area (Å²) >= 11 is 0. The zero-order valence-electron chi connectivity index (χ0n) is 13.1. The van der Waals surface area contributed by atoms with E-state index in [1.807, 2.05) is 19.3 Å². The molecule has 7 nitrogen and oxygen atoms in total. The highest BCUT2D eigenvalue weighted by Gasteiger charge is 2.10. The van der Waals surface area contributed by atoms with Crippen molar-refractivity contribution >= 4 is 28.0 Å². The molecule has 1 aromatic carbocycles. The third-order valence-electron chi connectivity index (χ3n) is 3.73. The lowest BCUT2D eigenvalue weighted by atomic mass is 10.1. The zero-order valence-corrected chi connectivity index (χ0v) is 13.1. The topological polar surface area (TPSA) is 82.8 Å². The predicted molar refractivity (Wildman–Crippen MR) is 88.4 cm³/mol. The summed E-state index contributed by atoms with van der Waals surface area (Å²) in [5.41, 5.74) is 3.99. The largest absolute Gasteiger partial charge is 0.465 e. The summed E-state index contributed by atoms with van der Waals surface area (Å²) in [6, 6.07) is 7.07. The van der Waals surface area contributed by atoms with Crippen LogP contribution >= 0.6 is 0 Å². The van der Waals surface area contributed by atoms with Gasteiger partial charge in [0.25, 0.3) is 0 Å². The van der Waals surface area contributed by atoms with Crippen LogP contribution in [0.2, 0.25) is 0 Å². The molecular weight excluding hydrogens is 306 g/mol. The maximum absolute atomic E-state index is 11.7. The van der Waals surface area contributed by atoms with E-state index in [0.29, 0.717) is 27.9 Å². The molecule has 0 N–H and O–H groups in total. The Hall–Kier alpha value is -3.35. The van der Waals surface area contributed by atoms with Gasteiger partial charge in [-0.25, -0.2) is 14.8 Å². The van der Waals surface area contributed by atoms with Crippen LogP contribution in [0.15, 0.2) is 42.9 Å². The molecule has 7 heteroatoms. The number of benzene rings is 1. The first kappa shape index (κ1) is 14.3. The van der Waals surface area contributed by atoms with E-state index in [2.05, 4.69) is 20.1 Å². The summed E-state index contributed by atoms with van der Waals surface area (Å²) < 4.78 is 6.46. The highest BCUT2D eigenvalue weighted by Crippen LogP contribution is 2.22. The standard InChI is InChI=1S/C17H13N5O2/c1-22-9-12-5-11(7-19-16(12)21-22)15-8-18-13-4-3-10(17(23)24-2)6-14(13)20-15/h3-9H,1-2H3. The molecule has 0 saturated heterocycles. The van der Waals surface area contributed by atoms with Gasteiger partial charge in [-0.05, 0) is 24.3 Å². The fourth-order valence-electron chi connectivity index (χ4n) is 2.57. The van der Waals surface area contributed by atoms with E-state index in [-0.39, 0.29) is 0 Å². The van der Waals surface area contributed by atoms with Crippen LogP contribution in [0.5, 0.6) is 0 Å². The minimum atomic E-state index is -0.400. The average Bonchev–Trinajstić information content (AvgIpc) is 2.99. The van der Waals surface area contributed by atoms with Crippen LogP contribution in [0, 0.1) is 0 Å². The Kier molecular flexibility index (Phi) is 3.19. The van der Waals surface area contributed by atoms with E-state index in [1.54, 1.807) is 35.3 Å². The van der Waals surface area contributed by atoms with Gasteiger partial charge in [-0.1, -0.05) is 0 Å². The Balaban J connectivity index is 1.83. The molecular formula is C17H13N5O2. The SMILES string of the molecule is COC(=O)c1ccc2ncc(-c3cnc4nn(C)cc4c3)nc2c1. The third-order valence-corrected chi connectivity index (χ3v) is 3.73. The maximum Gasteiger partial charge on any atom is 0.337 e. The Bertz CT molecular complexity index is 1090. The Labute approximate surface area is 136 Å². The second kappa shape index (κ2) is 5.38. The number of esters is 1. The Morgan fingerprint density at radius 2 is 2.00 bits per heavy atom. The molecule has 0 aliphatic rings. The molecule has 0 amide bonds. The molecule has 0 aliphatic carbocycles. The van der Waals surface area contributed by atoms with Crippen molar-refractivity contribution in [2.24, 2.45) is 7.05 Å². The van der Waals surface area contributed by atoms with Gasteiger partial charge in [0, 0.05) is 30.4 Å². The first-order valence-corrected chi connectivity index (χ1v) is 7.29. The lowest BCUT2D eigenvalue weighted by Crippen LogP contribution is -2.01. The van der Waals surface area contributed by atoms with Crippen LogP contribution in [0.4, 0.5) is 0 Å². The molecule has 0 spiro atoms. The summed E-state index contributed by atoms with van der Waals surface area (Å²) in [6.07, 6.45) is 5.31. The number of rotatable bonds is 2. The van der Waals surface area contributed by atoms with Crippen LogP contribution in [0.3, 0.4) is 0 Å². The molecule has 0 radical (unpaired) electrons. The van der Waals surface area contributed by atoms with Gasteiger partial charge >= 0.3 is 5.97 Å². The van der Waals surface area contributed by atoms with Gasteiger partial charge in [0.2, 0.25) is 0 Å². The smallest absolute Gasteiger partial charge is 0.337 e. The summed E-state index contributed by atoms with van der Waals surface area (Å²) in [6.45, 7) is 0. The first-order valence-electron chi connectivity index (χ1n) is 7.29. The van der Waals surface area contributed by atoms with Gasteiger partial charge in [0.05, 0.1) is 35.6 Å². The number of methoxy groups -OCH3 is 1. The minimum absolute atomic E-state index is 0.400. The number of carbonyl (C=O) groups excluding carboxylic acids is 1. The molecule has 4 aromatic rings. The maximum atomic E-state index is 11.7. The summed E-state index contributed by atoms with van der Waals surface area (Å²) in [7, 11) is 3.20. The Morgan fingerprint density at radius 3 is 2.83 bits per heavy atom. The van der Waals surface area contributed by atoms with Gasteiger partial charge in [0.1, 0.15) is 0 Å². The quantitative estimate of drug-likeness (QED) is 0.527. The number of aromatic nitrogens is 5. The molecule has 0 fully saturated rings. The van der Waals surface area contributed by atoms with Gasteiger partial charge in [0.15, 0.2) is 5.65 Å². The second-order valence-electron chi connectivity index (χ2n) is 5.39. The van der Waals surface area contributed by atoms with Gasteiger partial charge in [-0.3, -0.25) is 9.67 Å². The van der Waals surface area contributed by atoms with E-state index >= 15 is 0 Å². The van der Waals surface area contributed by atoms with Crippen molar-refractivity contribution in [3.63, 3.8) is 0 Å². The molecule has 0 unspecified atom stereocenters. The number of nitrogens with zero attached hydrogens (tertiary/aromatic N) is 5. The molecule has 118 valence electrons. The van der Waals surface area contributed by atoms with E-state index in [9.17, 15) is 4.79 Å². The number of fused-ring (bicyclic) bond motifs is 2. The van der Waals surface area contributed by atoms with Crippen molar-refractivity contribution < 1.29 is 9.53 Å². The van der Waals surface area contributed by atoms with Crippen molar-refractivity contribution in [3.8, 4) is 11.3 Å². The van der Waals surface area contributed by atoms with Crippen molar-refractivity contribution in [3.05, 3.63) is 48.4 Å². The lowest BCUT2D eigenvalue weighted by Gasteiger charge is -2.04. The number of ether oxygens (including phenoxy) is 1. The van der Waals surface area contributed by atoms with E-state index in [0.717, 1.165) is 10.9 Å². The van der Waals surface area contributed by atoms with Crippen LogP contribution in [0.25, 0.3) is 33.3 Å². The Morgan fingerprint density at radius 1 is 1.12 bits per heavy atom. The van der Waals surface area contributed by atoms with Crippen LogP contribution < -0.4 is 0 Å². The van der Waals surface area contributed by atoms with E-state index < -0.39 is 5.97 Å². The molecule has 3 heterocycles. The molecule has 3 aromatic heterocycles. The molecule has 0 saturated carbocycles. The van der Waals surface area contributed by atoms with E-state index in [4.69, 9.17) is 4.74 Å². The molecule has 0 aliphatic heterocycles. The fourth-order valence-corrected chi connectivity index (χ4v) is 2.57. The van der Waals surface area contributed by atoms with Crippen LogP contribution in [-0.2, 0) is 11.8 Å². The van der Waals surface area contributed by atoms with Gasteiger partial charge in [-0.2, -0.15) is 5.10 Å². The lowest BCUT2D eigenvalue weighted by molar-refractivity contribution is 0.0601. The van der Waals surface area contributed by atoms with Crippen molar-refractivity contribution in [1.82, 2.24) is 24.7 Å². The van der Waals surface area contributed by atoms with Crippen molar-refractivity contribution in [2.45, 2.75) is 0 Å². The molecule has 24 heavy (non-hydrogen) atoms. The monoisotopic (exact) mass is 319 g/mol. The third kappa shape index (κ3) is 2.36. The first-order chi connectivity index (χ1) is 11.6. The van der Waals surface area contributed by atoms with E-state index in [1.165, 1.54) is 7.11 Å². The van der Waals surface area contributed by atoms with Crippen LogP contribution in [0.1, 0.15) is 10.4 Å². The number of aryl methyl sites for hydroxylation is 1. The number of hydrogen-bond donors (Lipinski definition) is 0.